The largest absolute Gasteiger partial charge is 0.350 e. The molecule has 0 aliphatic carbocycles. The second-order valence-electron chi connectivity index (χ2n) is 6.75. The predicted molar refractivity (Wildman–Crippen MR) is 99.9 cm³/mol. The van der Waals surface area contributed by atoms with Crippen LogP contribution < -0.4 is 4.90 Å². The first kappa shape index (κ1) is 17.9. The molecule has 0 N–H and O–H groups in total. The van der Waals surface area contributed by atoms with Gasteiger partial charge in [-0.3, -0.25) is 4.79 Å². The van der Waals surface area contributed by atoms with E-state index in [2.05, 4.69) is 16.3 Å². The molecule has 1 aliphatic heterocycles. The minimum absolute atomic E-state index is 0.139. The second kappa shape index (κ2) is 7.52. The van der Waals surface area contributed by atoms with E-state index in [0.717, 1.165) is 16.8 Å². The minimum Gasteiger partial charge on any atom is -0.350 e. The van der Waals surface area contributed by atoms with Crippen molar-refractivity contribution in [2.24, 2.45) is 0 Å². The van der Waals surface area contributed by atoms with Crippen LogP contribution in [0.5, 0.6) is 0 Å². The first-order valence-electron chi connectivity index (χ1n) is 8.82. The molecule has 1 amide bonds. The predicted octanol–water partition coefficient (Wildman–Crippen LogP) is 2.16. The number of aryl methyl sites for hydroxylation is 2. The lowest BCUT2D eigenvalue weighted by atomic mass is 10.1. The van der Waals surface area contributed by atoms with Crippen LogP contribution in [-0.4, -0.2) is 47.2 Å². The third kappa shape index (κ3) is 3.67. The molecule has 2 heterocycles. The van der Waals surface area contributed by atoms with E-state index in [1.165, 1.54) is 5.56 Å². The van der Waals surface area contributed by atoms with Crippen molar-refractivity contribution in [3.8, 4) is 6.07 Å². The topological polar surface area (TPSA) is 73.1 Å². The number of rotatable bonds is 3. The number of anilines is 1. The highest BCUT2D eigenvalue weighted by Gasteiger charge is 2.24. The number of benzene rings is 1. The summed E-state index contributed by atoms with van der Waals surface area (Å²) < 4.78 is 0. The molecule has 0 spiro atoms. The summed E-state index contributed by atoms with van der Waals surface area (Å²) in [5.41, 5.74) is 4.46. The number of nitriles is 1. The number of hydrogen-bond donors (Lipinski definition) is 0. The number of nitrogens with zero attached hydrogens (tertiary/aromatic N) is 5. The molecule has 3 rings (SSSR count). The van der Waals surface area contributed by atoms with Gasteiger partial charge in [0, 0.05) is 26.2 Å². The number of carbonyl (C=O) groups excluding carboxylic acids is 1. The molecule has 134 valence electrons. The monoisotopic (exact) mass is 349 g/mol. The van der Waals surface area contributed by atoms with Gasteiger partial charge in [0.2, 0.25) is 5.91 Å². The van der Waals surface area contributed by atoms with Gasteiger partial charge in [0.05, 0.1) is 12.1 Å². The Labute approximate surface area is 154 Å². The molecule has 6 heteroatoms. The highest BCUT2D eigenvalue weighted by molar-refractivity contribution is 5.79. The van der Waals surface area contributed by atoms with Crippen LogP contribution in [0.15, 0.2) is 24.3 Å². The average Bonchev–Trinajstić information content (AvgIpc) is 2.66. The zero-order valence-corrected chi connectivity index (χ0v) is 15.5. The Balaban J connectivity index is 1.64. The van der Waals surface area contributed by atoms with Crippen LogP contribution in [0.25, 0.3) is 0 Å². The smallest absolute Gasteiger partial charge is 0.227 e. The second-order valence-corrected chi connectivity index (χ2v) is 6.75. The molecule has 1 aliphatic rings. The van der Waals surface area contributed by atoms with Gasteiger partial charge in [0.15, 0.2) is 5.82 Å². The van der Waals surface area contributed by atoms with E-state index in [1.807, 2.05) is 54.8 Å². The van der Waals surface area contributed by atoms with Gasteiger partial charge in [-0.15, -0.1) is 5.10 Å². The molecule has 1 fully saturated rings. The van der Waals surface area contributed by atoms with Crippen LogP contribution in [-0.2, 0) is 11.2 Å². The van der Waals surface area contributed by atoms with Crippen LogP contribution in [0.4, 0.5) is 5.82 Å². The molecular formula is C20H23N5O. The van der Waals surface area contributed by atoms with Gasteiger partial charge >= 0.3 is 0 Å². The first-order chi connectivity index (χ1) is 12.5. The maximum atomic E-state index is 12.5. The number of piperazine rings is 1. The third-order valence-corrected chi connectivity index (χ3v) is 4.96. The summed E-state index contributed by atoms with van der Waals surface area (Å²) in [7, 11) is 0. The van der Waals surface area contributed by atoms with Gasteiger partial charge in [0.1, 0.15) is 11.6 Å². The van der Waals surface area contributed by atoms with E-state index < -0.39 is 0 Å². The van der Waals surface area contributed by atoms with Crippen molar-refractivity contribution in [2.45, 2.75) is 27.2 Å². The van der Waals surface area contributed by atoms with Crippen molar-refractivity contribution in [2.75, 3.05) is 31.1 Å². The molecule has 26 heavy (non-hydrogen) atoms. The maximum Gasteiger partial charge on any atom is 0.227 e. The van der Waals surface area contributed by atoms with Crippen molar-refractivity contribution in [1.29, 1.82) is 5.26 Å². The fraction of sp³-hybridized carbons (Fsp3) is 0.400. The molecular weight excluding hydrogens is 326 g/mol. The van der Waals surface area contributed by atoms with E-state index in [1.54, 1.807) is 0 Å². The van der Waals surface area contributed by atoms with Gasteiger partial charge in [-0.05, 0) is 31.9 Å². The highest BCUT2D eigenvalue weighted by atomic mass is 16.2. The molecule has 1 saturated heterocycles. The van der Waals surface area contributed by atoms with E-state index in [0.29, 0.717) is 44.0 Å². The van der Waals surface area contributed by atoms with Crippen LogP contribution in [0.2, 0.25) is 0 Å². The molecule has 0 atom stereocenters. The SMILES string of the molecule is Cc1ccc(CC(=O)N2CCN(c3nnc(C)c(C)c3C#N)CC2)cc1. The van der Waals surface area contributed by atoms with Crippen LogP contribution in [0.1, 0.15) is 27.9 Å². The number of hydrogen-bond acceptors (Lipinski definition) is 5. The van der Waals surface area contributed by atoms with Crippen molar-refractivity contribution in [1.82, 2.24) is 15.1 Å². The lowest BCUT2D eigenvalue weighted by molar-refractivity contribution is -0.130. The van der Waals surface area contributed by atoms with E-state index in [9.17, 15) is 10.1 Å². The van der Waals surface area contributed by atoms with Crippen LogP contribution >= 0.6 is 0 Å². The molecule has 2 aromatic rings. The Hall–Kier alpha value is -2.94. The minimum atomic E-state index is 0.139. The van der Waals surface area contributed by atoms with Gasteiger partial charge < -0.3 is 9.80 Å². The molecule has 1 aromatic heterocycles. The molecule has 0 saturated carbocycles. The number of carbonyl (C=O) groups is 1. The van der Waals surface area contributed by atoms with Crippen molar-refractivity contribution < 1.29 is 4.79 Å². The standard InChI is InChI=1S/C20H23N5O/c1-14-4-6-17(7-5-14)12-19(26)24-8-10-25(11-9-24)20-18(13-21)15(2)16(3)22-23-20/h4-7H,8-12H2,1-3H3. The first-order valence-corrected chi connectivity index (χ1v) is 8.82. The van der Waals surface area contributed by atoms with Crippen LogP contribution in [0, 0.1) is 32.1 Å². The molecule has 0 unspecified atom stereocenters. The lowest BCUT2D eigenvalue weighted by Gasteiger charge is -2.35. The summed E-state index contributed by atoms with van der Waals surface area (Å²) in [6, 6.07) is 10.3. The zero-order valence-electron chi connectivity index (χ0n) is 15.5. The van der Waals surface area contributed by atoms with Crippen molar-refractivity contribution in [3.63, 3.8) is 0 Å². The highest BCUT2D eigenvalue weighted by Crippen LogP contribution is 2.22. The van der Waals surface area contributed by atoms with Crippen molar-refractivity contribution in [3.05, 3.63) is 52.2 Å². The Morgan fingerprint density at radius 3 is 2.35 bits per heavy atom. The molecule has 0 radical (unpaired) electrons. The van der Waals surface area contributed by atoms with E-state index >= 15 is 0 Å². The quantitative estimate of drug-likeness (QED) is 0.849. The van der Waals surface area contributed by atoms with Gasteiger partial charge in [-0.25, -0.2) is 0 Å². The fourth-order valence-corrected chi connectivity index (χ4v) is 3.11. The molecule has 1 aromatic carbocycles. The van der Waals surface area contributed by atoms with E-state index in [4.69, 9.17) is 0 Å². The van der Waals surface area contributed by atoms with Gasteiger partial charge in [-0.1, -0.05) is 29.8 Å². The Kier molecular flexibility index (Phi) is 5.17. The zero-order chi connectivity index (χ0) is 18.7. The normalized spacial score (nSPS) is 14.2. The Bertz CT molecular complexity index is 846. The maximum absolute atomic E-state index is 12.5. The average molecular weight is 349 g/mol. The summed E-state index contributed by atoms with van der Waals surface area (Å²) in [5.74, 6) is 0.765. The van der Waals surface area contributed by atoms with Gasteiger partial charge in [-0.2, -0.15) is 10.4 Å². The summed E-state index contributed by atoms with van der Waals surface area (Å²) in [4.78, 5) is 16.5. The third-order valence-electron chi connectivity index (χ3n) is 4.96. The van der Waals surface area contributed by atoms with Gasteiger partial charge in [0.25, 0.3) is 0 Å². The van der Waals surface area contributed by atoms with E-state index in [-0.39, 0.29) is 5.91 Å². The number of amides is 1. The summed E-state index contributed by atoms with van der Waals surface area (Å²) in [6.45, 7) is 8.36. The lowest BCUT2D eigenvalue weighted by Crippen LogP contribution is -2.49. The van der Waals surface area contributed by atoms with Crippen molar-refractivity contribution >= 4 is 11.7 Å². The Morgan fingerprint density at radius 1 is 1.08 bits per heavy atom. The summed E-state index contributed by atoms with van der Waals surface area (Å²) in [6.07, 6.45) is 0.424. The van der Waals surface area contributed by atoms with Crippen LogP contribution in [0.3, 0.4) is 0 Å². The number of aromatic nitrogens is 2. The molecule has 6 nitrogen and oxygen atoms in total. The summed E-state index contributed by atoms with van der Waals surface area (Å²) >= 11 is 0. The summed E-state index contributed by atoms with van der Waals surface area (Å²) in [5, 5.41) is 17.9. The Morgan fingerprint density at radius 2 is 1.73 bits per heavy atom. The molecule has 0 bridgehead atoms. The fourth-order valence-electron chi connectivity index (χ4n) is 3.11.